The minimum Gasteiger partial charge on any atom is -0.378 e. The average Bonchev–Trinajstić information content (AvgIpc) is 2.58. The van der Waals surface area contributed by atoms with Crippen molar-refractivity contribution < 1.29 is 0 Å². The molecule has 0 amide bonds. The summed E-state index contributed by atoms with van der Waals surface area (Å²) in [5.74, 6) is 1.05. The highest BCUT2D eigenvalue weighted by molar-refractivity contribution is 9.10. The van der Waals surface area contributed by atoms with E-state index in [4.69, 9.17) is 0 Å². The molecule has 0 aliphatic rings. The van der Waals surface area contributed by atoms with E-state index in [0.717, 1.165) is 21.5 Å². The molecule has 0 saturated carbocycles. The summed E-state index contributed by atoms with van der Waals surface area (Å²) in [6.07, 6.45) is 1.59. The van der Waals surface area contributed by atoms with E-state index in [2.05, 4.69) is 46.6 Å². The summed E-state index contributed by atoms with van der Waals surface area (Å²) in [6, 6.07) is 15.8. The summed E-state index contributed by atoms with van der Waals surface area (Å²) in [7, 11) is 4.02. The molecule has 0 unspecified atom stereocenters. The standard InChI is InChI=1S/C17H17BrN6/c1-24(2)13-9-7-12(8-10-13)20-16-11-19-23-17(22-16)21-15-6-4-3-5-14(15)18/h3-11H,1-2H3,(H2,20,21,22,23). The van der Waals surface area contributed by atoms with Gasteiger partial charge in [-0.15, -0.1) is 5.10 Å². The van der Waals surface area contributed by atoms with Crippen molar-refractivity contribution in [2.75, 3.05) is 29.6 Å². The second-order valence-corrected chi connectivity index (χ2v) is 6.19. The van der Waals surface area contributed by atoms with Gasteiger partial charge in [-0.05, 0) is 52.3 Å². The lowest BCUT2D eigenvalue weighted by Gasteiger charge is -2.13. The molecule has 0 spiro atoms. The Morgan fingerprint density at radius 2 is 1.71 bits per heavy atom. The van der Waals surface area contributed by atoms with Gasteiger partial charge in [0.15, 0.2) is 5.82 Å². The van der Waals surface area contributed by atoms with Gasteiger partial charge in [0, 0.05) is 29.9 Å². The first-order valence-corrected chi connectivity index (χ1v) is 8.17. The van der Waals surface area contributed by atoms with Crippen LogP contribution in [0, 0.1) is 0 Å². The first-order valence-electron chi connectivity index (χ1n) is 7.37. The van der Waals surface area contributed by atoms with Gasteiger partial charge >= 0.3 is 0 Å². The molecule has 24 heavy (non-hydrogen) atoms. The van der Waals surface area contributed by atoms with E-state index in [1.807, 2.05) is 62.6 Å². The zero-order chi connectivity index (χ0) is 16.9. The van der Waals surface area contributed by atoms with Crippen molar-refractivity contribution in [2.24, 2.45) is 0 Å². The first-order chi connectivity index (χ1) is 11.6. The molecule has 0 aliphatic carbocycles. The van der Waals surface area contributed by atoms with Gasteiger partial charge in [0.05, 0.1) is 11.9 Å². The van der Waals surface area contributed by atoms with Gasteiger partial charge < -0.3 is 15.5 Å². The average molecular weight is 385 g/mol. The number of para-hydroxylation sites is 1. The lowest BCUT2D eigenvalue weighted by molar-refractivity contribution is 0.982. The Hall–Kier alpha value is -2.67. The molecule has 0 atom stereocenters. The number of nitrogens with zero attached hydrogens (tertiary/aromatic N) is 4. The van der Waals surface area contributed by atoms with Crippen LogP contribution in [0.5, 0.6) is 0 Å². The number of rotatable bonds is 5. The van der Waals surface area contributed by atoms with Crippen molar-refractivity contribution in [1.82, 2.24) is 15.2 Å². The quantitative estimate of drug-likeness (QED) is 0.687. The maximum Gasteiger partial charge on any atom is 0.249 e. The van der Waals surface area contributed by atoms with Gasteiger partial charge in [0.25, 0.3) is 0 Å². The maximum atomic E-state index is 4.43. The zero-order valence-corrected chi connectivity index (χ0v) is 14.9. The first kappa shape index (κ1) is 16.2. The molecule has 1 aromatic heterocycles. The maximum absolute atomic E-state index is 4.43. The van der Waals surface area contributed by atoms with Crippen molar-refractivity contribution in [1.29, 1.82) is 0 Å². The van der Waals surface area contributed by atoms with Gasteiger partial charge in [-0.25, -0.2) is 0 Å². The summed E-state index contributed by atoms with van der Waals surface area (Å²) in [5.41, 5.74) is 2.96. The highest BCUT2D eigenvalue weighted by atomic mass is 79.9. The smallest absolute Gasteiger partial charge is 0.249 e. The minimum atomic E-state index is 0.428. The van der Waals surface area contributed by atoms with E-state index in [9.17, 15) is 0 Å². The molecule has 0 fully saturated rings. The number of hydrogen-bond acceptors (Lipinski definition) is 6. The number of aromatic nitrogens is 3. The van der Waals surface area contributed by atoms with Crippen LogP contribution >= 0.6 is 15.9 Å². The molecule has 3 rings (SSSR count). The topological polar surface area (TPSA) is 66.0 Å². The van der Waals surface area contributed by atoms with Gasteiger partial charge in [-0.2, -0.15) is 10.1 Å². The van der Waals surface area contributed by atoms with Crippen LogP contribution in [0.1, 0.15) is 0 Å². The number of halogens is 1. The molecular formula is C17H17BrN6. The third kappa shape index (κ3) is 3.99. The van der Waals surface area contributed by atoms with E-state index in [1.54, 1.807) is 6.20 Å². The van der Waals surface area contributed by atoms with Crippen molar-refractivity contribution in [3.05, 3.63) is 59.2 Å². The molecule has 0 aliphatic heterocycles. The number of hydrogen-bond donors (Lipinski definition) is 2. The SMILES string of the molecule is CN(C)c1ccc(Nc2cnnc(Nc3ccccc3Br)n2)cc1. The Kier molecular flexibility index (Phi) is 4.90. The predicted molar refractivity (Wildman–Crippen MR) is 101 cm³/mol. The monoisotopic (exact) mass is 384 g/mol. The van der Waals surface area contributed by atoms with Crippen molar-refractivity contribution in [3.63, 3.8) is 0 Å². The van der Waals surface area contributed by atoms with Crippen LogP contribution in [0.2, 0.25) is 0 Å². The Bertz CT molecular complexity index is 819. The Morgan fingerprint density at radius 3 is 2.42 bits per heavy atom. The highest BCUT2D eigenvalue weighted by Crippen LogP contribution is 2.24. The van der Waals surface area contributed by atoms with Gasteiger partial charge in [-0.3, -0.25) is 0 Å². The lowest BCUT2D eigenvalue weighted by Crippen LogP contribution is -2.08. The summed E-state index contributed by atoms with van der Waals surface area (Å²) in [4.78, 5) is 6.49. The third-order valence-electron chi connectivity index (χ3n) is 3.34. The number of benzene rings is 2. The second kappa shape index (κ2) is 7.27. The van der Waals surface area contributed by atoms with Crippen LogP contribution in [0.25, 0.3) is 0 Å². The molecule has 2 aromatic carbocycles. The zero-order valence-electron chi connectivity index (χ0n) is 13.4. The van der Waals surface area contributed by atoms with E-state index in [1.165, 1.54) is 0 Å². The molecular weight excluding hydrogens is 368 g/mol. The van der Waals surface area contributed by atoms with E-state index < -0.39 is 0 Å². The fraction of sp³-hybridized carbons (Fsp3) is 0.118. The summed E-state index contributed by atoms with van der Waals surface area (Å²) < 4.78 is 0.936. The Morgan fingerprint density at radius 1 is 0.958 bits per heavy atom. The molecule has 0 bridgehead atoms. The molecule has 0 radical (unpaired) electrons. The molecule has 3 aromatic rings. The Labute approximate surface area is 149 Å². The number of nitrogens with one attached hydrogen (secondary N) is 2. The van der Waals surface area contributed by atoms with Crippen LogP contribution in [0.15, 0.2) is 59.2 Å². The lowest BCUT2D eigenvalue weighted by atomic mass is 10.2. The predicted octanol–water partition coefficient (Wildman–Crippen LogP) is 4.19. The van der Waals surface area contributed by atoms with E-state index in [0.29, 0.717) is 11.8 Å². The molecule has 2 N–H and O–H groups in total. The van der Waals surface area contributed by atoms with Gasteiger partial charge in [0.2, 0.25) is 5.95 Å². The molecule has 7 heteroatoms. The van der Waals surface area contributed by atoms with Crippen molar-refractivity contribution in [2.45, 2.75) is 0 Å². The second-order valence-electron chi connectivity index (χ2n) is 5.34. The van der Waals surface area contributed by atoms with Crippen molar-refractivity contribution >= 4 is 44.8 Å². The fourth-order valence-electron chi connectivity index (χ4n) is 2.09. The summed E-state index contributed by atoms with van der Waals surface area (Å²) in [6.45, 7) is 0. The molecule has 122 valence electrons. The van der Waals surface area contributed by atoms with Crippen LogP contribution < -0.4 is 15.5 Å². The molecule has 6 nitrogen and oxygen atoms in total. The summed E-state index contributed by atoms with van der Waals surface area (Å²) in [5, 5.41) is 14.4. The van der Waals surface area contributed by atoms with E-state index >= 15 is 0 Å². The van der Waals surface area contributed by atoms with Gasteiger partial charge in [0.1, 0.15) is 0 Å². The van der Waals surface area contributed by atoms with Gasteiger partial charge in [-0.1, -0.05) is 12.1 Å². The van der Waals surface area contributed by atoms with Crippen molar-refractivity contribution in [3.8, 4) is 0 Å². The van der Waals surface area contributed by atoms with Crippen LogP contribution in [0.3, 0.4) is 0 Å². The Balaban J connectivity index is 1.74. The fourth-order valence-corrected chi connectivity index (χ4v) is 2.47. The highest BCUT2D eigenvalue weighted by Gasteiger charge is 2.04. The largest absolute Gasteiger partial charge is 0.378 e. The van der Waals surface area contributed by atoms with Crippen LogP contribution in [-0.4, -0.2) is 29.3 Å². The van der Waals surface area contributed by atoms with Crippen LogP contribution in [-0.2, 0) is 0 Å². The minimum absolute atomic E-state index is 0.428. The van der Waals surface area contributed by atoms with Crippen LogP contribution in [0.4, 0.5) is 28.8 Å². The third-order valence-corrected chi connectivity index (χ3v) is 4.03. The normalized spacial score (nSPS) is 10.3. The summed E-state index contributed by atoms with van der Waals surface area (Å²) >= 11 is 3.49. The molecule has 0 saturated heterocycles. The van der Waals surface area contributed by atoms with E-state index in [-0.39, 0.29) is 0 Å². The number of anilines is 5. The molecule has 1 heterocycles.